The minimum Gasteiger partial charge on any atom is -0.313 e. The third kappa shape index (κ3) is 2.52. The zero-order chi connectivity index (χ0) is 10.7. The minimum absolute atomic E-state index is 0.591. The van der Waals surface area contributed by atoms with Gasteiger partial charge in [0.25, 0.3) is 0 Å². The lowest BCUT2D eigenvalue weighted by atomic mass is 10.1. The molecule has 0 aliphatic carbocycles. The number of nitrogens with one attached hydrogen (secondary N) is 1. The van der Waals surface area contributed by atoms with Crippen LogP contribution in [0.15, 0.2) is 12.3 Å². The average molecular weight is 206 g/mol. The molecule has 1 atom stereocenters. The lowest BCUT2D eigenvalue weighted by Gasteiger charge is -2.10. The SMILES string of the molecule is CNCc1nccc(C2CCN(C)C2)n1. The third-order valence-corrected chi connectivity index (χ3v) is 2.87. The van der Waals surface area contributed by atoms with Crippen LogP contribution in [-0.2, 0) is 6.54 Å². The Morgan fingerprint density at radius 1 is 1.60 bits per heavy atom. The zero-order valence-electron chi connectivity index (χ0n) is 9.40. The van der Waals surface area contributed by atoms with Crippen LogP contribution in [0, 0.1) is 0 Å². The number of likely N-dealkylation sites (N-methyl/N-ethyl adjacent to an activating group) is 1. The van der Waals surface area contributed by atoms with E-state index in [1.54, 1.807) is 0 Å². The van der Waals surface area contributed by atoms with Crippen molar-refractivity contribution in [3.05, 3.63) is 23.8 Å². The van der Waals surface area contributed by atoms with Crippen LogP contribution in [0.4, 0.5) is 0 Å². The largest absolute Gasteiger partial charge is 0.313 e. The van der Waals surface area contributed by atoms with E-state index < -0.39 is 0 Å². The van der Waals surface area contributed by atoms with Crippen LogP contribution in [0.1, 0.15) is 23.9 Å². The molecule has 1 N–H and O–H groups in total. The summed E-state index contributed by atoms with van der Waals surface area (Å²) < 4.78 is 0. The van der Waals surface area contributed by atoms with Crippen LogP contribution in [-0.4, -0.2) is 42.1 Å². The van der Waals surface area contributed by atoms with E-state index in [1.165, 1.54) is 18.7 Å². The number of aromatic nitrogens is 2. The topological polar surface area (TPSA) is 41.1 Å². The summed E-state index contributed by atoms with van der Waals surface area (Å²) in [5, 5.41) is 3.08. The highest BCUT2D eigenvalue weighted by Gasteiger charge is 2.22. The van der Waals surface area contributed by atoms with Gasteiger partial charge in [0.1, 0.15) is 5.82 Å². The Kier molecular flexibility index (Phi) is 3.28. The molecule has 82 valence electrons. The molecule has 1 unspecified atom stereocenters. The third-order valence-electron chi connectivity index (χ3n) is 2.87. The summed E-state index contributed by atoms with van der Waals surface area (Å²) in [6.07, 6.45) is 3.08. The molecule has 1 saturated heterocycles. The van der Waals surface area contributed by atoms with Gasteiger partial charge in [-0.05, 0) is 33.1 Å². The van der Waals surface area contributed by atoms with Gasteiger partial charge in [0.15, 0.2) is 0 Å². The first-order valence-electron chi connectivity index (χ1n) is 5.44. The van der Waals surface area contributed by atoms with Crippen molar-refractivity contribution in [1.29, 1.82) is 0 Å². The van der Waals surface area contributed by atoms with Crippen molar-refractivity contribution in [2.45, 2.75) is 18.9 Å². The second-order valence-electron chi connectivity index (χ2n) is 4.18. The van der Waals surface area contributed by atoms with Gasteiger partial charge < -0.3 is 10.2 Å². The van der Waals surface area contributed by atoms with Crippen molar-refractivity contribution in [3.8, 4) is 0 Å². The van der Waals surface area contributed by atoms with E-state index in [9.17, 15) is 0 Å². The highest BCUT2D eigenvalue weighted by atomic mass is 15.1. The molecule has 0 bridgehead atoms. The molecule has 4 nitrogen and oxygen atoms in total. The van der Waals surface area contributed by atoms with E-state index in [2.05, 4.69) is 27.2 Å². The van der Waals surface area contributed by atoms with Gasteiger partial charge >= 0.3 is 0 Å². The monoisotopic (exact) mass is 206 g/mol. The first kappa shape index (κ1) is 10.5. The van der Waals surface area contributed by atoms with Gasteiger partial charge in [-0.25, -0.2) is 9.97 Å². The molecule has 2 heterocycles. The van der Waals surface area contributed by atoms with Gasteiger partial charge in [-0.15, -0.1) is 0 Å². The summed E-state index contributed by atoms with van der Waals surface area (Å²) in [6.45, 7) is 3.04. The molecule has 0 amide bonds. The van der Waals surface area contributed by atoms with Gasteiger partial charge in [-0.3, -0.25) is 0 Å². The first-order chi connectivity index (χ1) is 7.29. The molecule has 1 aromatic rings. The second-order valence-corrected chi connectivity index (χ2v) is 4.18. The lowest BCUT2D eigenvalue weighted by molar-refractivity contribution is 0.410. The first-order valence-corrected chi connectivity index (χ1v) is 5.44. The van der Waals surface area contributed by atoms with Crippen molar-refractivity contribution in [3.63, 3.8) is 0 Å². The molecule has 1 aliphatic rings. The quantitative estimate of drug-likeness (QED) is 0.787. The van der Waals surface area contributed by atoms with Crippen molar-refractivity contribution >= 4 is 0 Å². The van der Waals surface area contributed by atoms with Gasteiger partial charge in [-0.1, -0.05) is 0 Å². The number of hydrogen-bond acceptors (Lipinski definition) is 4. The average Bonchev–Trinajstić information content (AvgIpc) is 2.66. The summed E-state index contributed by atoms with van der Waals surface area (Å²) in [5.41, 5.74) is 1.19. The standard InChI is InChI=1S/C11H18N4/c1-12-7-11-13-5-3-10(14-11)9-4-6-15(2)8-9/h3,5,9,12H,4,6-8H2,1-2H3. The van der Waals surface area contributed by atoms with Crippen LogP contribution >= 0.6 is 0 Å². The molecular weight excluding hydrogens is 188 g/mol. The Bertz CT molecular complexity index is 326. The predicted molar refractivity (Wildman–Crippen MR) is 59.7 cm³/mol. The Morgan fingerprint density at radius 3 is 3.13 bits per heavy atom. The summed E-state index contributed by atoms with van der Waals surface area (Å²) in [6, 6.07) is 2.04. The normalized spacial score (nSPS) is 22.1. The molecule has 2 rings (SSSR count). The van der Waals surface area contributed by atoms with Crippen molar-refractivity contribution in [1.82, 2.24) is 20.2 Å². The van der Waals surface area contributed by atoms with E-state index in [1.807, 2.05) is 19.3 Å². The number of rotatable bonds is 3. The zero-order valence-corrected chi connectivity index (χ0v) is 9.40. The Hall–Kier alpha value is -1.00. The minimum atomic E-state index is 0.591. The molecule has 0 spiro atoms. The molecular formula is C11H18N4. The fourth-order valence-electron chi connectivity index (χ4n) is 2.06. The summed E-state index contributed by atoms with van der Waals surface area (Å²) in [7, 11) is 4.08. The van der Waals surface area contributed by atoms with Crippen molar-refractivity contribution in [2.24, 2.45) is 0 Å². The highest BCUT2D eigenvalue weighted by molar-refractivity contribution is 5.11. The maximum atomic E-state index is 4.58. The molecule has 15 heavy (non-hydrogen) atoms. The molecule has 0 radical (unpaired) electrons. The molecule has 1 fully saturated rings. The maximum Gasteiger partial charge on any atom is 0.142 e. The summed E-state index contributed by atoms with van der Waals surface area (Å²) in [5.74, 6) is 1.48. The Balaban J connectivity index is 2.10. The number of likely N-dealkylation sites (tertiary alicyclic amines) is 1. The molecule has 1 aromatic heterocycles. The maximum absolute atomic E-state index is 4.58. The Labute approximate surface area is 90.7 Å². The molecule has 0 aromatic carbocycles. The van der Waals surface area contributed by atoms with E-state index >= 15 is 0 Å². The predicted octanol–water partition coefficient (Wildman–Crippen LogP) is 0.615. The van der Waals surface area contributed by atoms with Crippen molar-refractivity contribution < 1.29 is 0 Å². The number of nitrogens with zero attached hydrogens (tertiary/aromatic N) is 3. The molecule has 1 aliphatic heterocycles. The van der Waals surface area contributed by atoms with Crippen LogP contribution in [0.25, 0.3) is 0 Å². The Morgan fingerprint density at radius 2 is 2.47 bits per heavy atom. The smallest absolute Gasteiger partial charge is 0.142 e. The summed E-state index contributed by atoms with van der Waals surface area (Å²) in [4.78, 5) is 11.2. The van der Waals surface area contributed by atoms with E-state index in [0.717, 1.165) is 18.9 Å². The van der Waals surface area contributed by atoms with Crippen molar-refractivity contribution in [2.75, 3.05) is 27.2 Å². The fraction of sp³-hybridized carbons (Fsp3) is 0.636. The van der Waals surface area contributed by atoms with Crippen LogP contribution in [0.3, 0.4) is 0 Å². The summed E-state index contributed by atoms with van der Waals surface area (Å²) >= 11 is 0. The van der Waals surface area contributed by atoms with Gasteiger partial charge in [0, 0.05) is 24.4 Å². The lowest BCUT2D eigenvalue weighted by Crippen LogP contribution is -2.15. The van der Waals surface area contributed by atoms with Crippen LogP contribution in [0.2, 0.25) is 0 Å². The van der Waals surface area contributed by atoms with E-state index in [-0.39, 0.29) is 0 Å². The fourth-order valence-corrected chi connectivity index (χ4v) is 2.06. The van der Waals surface area contributed by atoms with Gasteiger partial charge in [0.05, 0.1) is 6.54 Å². The van der Waals surface area contributed by atoms with E-state index in [0.29, 0.717) is 5.92 Å². The molecule has 4 heteroatoms. The molecule has 0 saturated carbocycles. The van der Waals surface area contributed by atoms with E-state index in [4.69, 9.17) is 0 Å². The van der Waals surface area contributed by atoms with Gasteiger partial charge in [0.2, 0.25) is 0 Å². The highest BCUT2D eigenvalue weighted by Crippen LogP contribution is 2.24. The second kappa shape index (κ2) is 4.68. The van der Waals surface area contributed by atoms with Gasteiger partial charge in [-0.2, -0.15) is 0 Å². The van der Waals surface area contributed by atoms with Crippen LogP contribution < -0.4 is 5.32 Å². The van der Waals surface area contributed by atoms with Crippen LogP contribution in [0.5, 0.6) is 0 Å². The number of hydrogen-bond donors (Lipinski definition) is 1.